The van der Waals surface area contributed by atoms with Crippen LogP contribution in [0.25, 0.3) is 11.1 Å². The van der Waals surface area contributed by atoms with Gasteiger partial charge in [-0.1, -0.05) is 120 Å². The summed E-state index contributed by atoms with van der Waals surface area (Å²) < 4.78 is 13.2. The van der Waals surface area contributed by atoms with Gasteiger partial charge in [0.1, 0.15) is 6.10 Å². The van der Waals surface area contributed by atoms with Crippen LogP contribution in [0.2, 0.25) is 18.1 Å². The van der Waals surface area contributed by atoms with Gasteiger partial charge in [-0.2, -0.15) is 0 Å². The lowest BCUT2D eigenvalue weighted by atomic mass is 9.89. The van der Waals surface area contributed by atoms with E-state index in [-0.39, 0.29) is 35.6 Å². The molecule has 6 heteroatoms. The number of hydrogen-bond acceptors (Lipinski definition) is 4. The fraction of sp³-hybridized carbons (Fsp3) is 0.590. The van der Waals surface area contributed by atoms with E-state index >= 15 is 0 Å². The summed E-state index contributed by atoms with van der Waals surface area (Å²) in [5, 5.41) is 9.16. The number of aliphatic carboxylic acids is 1. The molecule has 0 aromatic heterocycles. The van der Waals surface area contributed by atoms with Crippen LogP contribution in [0.15, 0.2) is 66.2 Å². The van der Waals surface area contributed by atoms with E-state index in [1.165, 1.54) is 24.8 Å². The van der Waals surface area contributed by atoms with Crippen LogP contribution < -0.4 is 0 Å². The summed E-state index contributed by atoms with van der Waals surface area (Å²) in [5.74, 6) is -0.797. The van der Waals surface area contributed by atoms with Crippen molar-refractivity contribution < 1.29 is 23.9 Å². The molecule has 2 aromatic rings. The molecule has 0 heterocycles. The minimum Gasteiger partial charge on any atom is -0.481 e. The standard InChI is InChI=1S/C39H58O5Si/c1-7-8-12-19-34(44-45(5,6)39(2,3)4)28-26-32-27-29-36(35(32)20-15-9-10-16-21-37(40)41)43-38(42)33-24-22-31(23-25-33)30-17-13-11-14-18-30/h11,13-14,17-18,22-25,27,34-36H,7-10,12,15-16,19-21,26,28-29H2,1-6H3,(H,40,41)/t34?,35-,36+/m1/s1. The van der Waals surface area contributed by atoms with Gasteiger partial charge in [-0.15, -0.1) is 0 Å². The van der Waals surface area contributed by atoms with Crippen molar-refractivity contribution in [2.45, 2.75) is 142 Å². The maximum atomic E-state index is 13.3. The number of ether oxygens (including phenoxy) is 1. The molecule has 1 aliphatic carbocycles. The Bertz CT molecular complexity index is 1210. The molecule has 0 amide bonds. The van der Waals surface area contributed by atoms with Crippen LogP contribution in [0.1, 0.15) is 122 Å². The minimum atomic E-state index is -1.89. The molecular formula is C39H58O5Si. The Labute approximate surface area is 273 Å². The number of benzene rings is 2. The lowest BCUT2D eigenvalue weighted by Gasteiger charge is -2.39. The largest absolute Gasteiger partial charge is 0.481 e. The van der Waals surface area contributed by atoms with Gasteiger partial charge < -0.3 is 14.3 Å². The first-order chi connectivity index (χ1) is 21.4. The van der Waals surface area contributed by atoms with Crippen molar-refractivity contribution in [1.29, 1.82) is 0 Å². The number of hydrogen-bond donors (Lipinski definition) is 1. The molecule has 3 rings (SSSR count). The van der Waals surface area contributed by atoms with Crippen LogP contribution in [0, 0.1) is 5.92 Å². The van der Waals surface area contributed by atoms with Crippen molar-refractivity contribution in [2.75, 3.05) is 0 Å². The zero-order valence-electron chi connectivity index (χ0n) is 28.8. The highest BCUT2D eigenvalue weighted by molar-refractivity contribution is 6.74. The fourth-order valence-electron chi connectivity index (χ4n) is 6.05. The number of carboxylic acid groups (broad SMARTS) is 1. The average molecular weight is 635 g/mol. The number of rotatable bonds is 19. The summed E-state index contributed by atoms with van der Waals surface area (Å²) in [6.45, 7) is 13.9. The first kappa shape index (κ1) is 36.8. The summed E-state index contributed by atoms with van der Waals surface area (Å²) in [6, 6.07) is 17.9. The van der Waals surface area contributed by atoms with E-state index in [0.29, 0.717) is 12.0 Å². The molecule has 0 saturated heterocycles. The third-order valence-electron chi connectivity index (χ3n) is 9.83. The van der Waals surface area contributed by atoms with E-state index < -0.39 is 14.3 Å². The Morgan fingerprint density at radius 1 is 0.889 bits per heavy atom. The lowest BCUT2D eigenvalue weighted by Crippen LogP contribution is -2.44. The molecule has 2 aromatic carbocycles. The Morgan fingerprint density at radius 3 is 2.20 bits per heavy atom. The quantitative estimate of drug-likeness (QED) is 0.0720. The van der Waals surface area contributed by atoms with Crippen LogP contribution in [0.3, 0.4) is 0 Å². The van der Waals surface area contributed by atoms with Gasteiger partial charge in [0, 0.05) is 24.9 Å². The van der Waals surface area contributed by atoms with Gasteiger partial charge in [-0.3, -0.25) is 4.79 Å². The Balaban J connectivity index is 1.67. The highest BCUT2D eigenvalue weighted by atomic mass is 28.4. The SMILES string of the molecule is CCCCCC(CCC1=CC[C@H](OC(=O)c2ccc(-c3ccccc3)cc2)[C@@H]1CCCCCCC(=O)O)O[Si](C)(C)C(C)(C)C. The molecule has 0 aliphatic heterocycles. The molecule has 1 aliphatic rings. The third-order valence-corrected chi connectivity index (χ3v) is 14.4. The van der Waals surface area contributed by atoms with E-state index in [0.717, 1.165) is 62.5 Å². The van der Waals surface area contributed by atoms with Crippen LogP contribution in [-0.4, -0.2) is 37.6 Å². The zero-order chi connectivity index (χ0) is 32.9. The van der Waals surface area contributed by atoms with Crippen molar-refractivity contribution >= 4 is 20.3 Å². The smallest absolute Gasteiger partial charge is 0.338 e. The molecule has 0 bridgehead atoms. The molecular weight excluding hydrogens is 577 g/mol. The fourth-order valence-corrected chi connectivity index (χ4v) is 7.47. The first-order valence-electron chi connectivity index (χ1n) is 17.4. The second-order valence-electron chi connectivity index (χ2n) is 14.4. The number of unbranched alkanes of at least 4 members (excludes halogenated alkanes) is 5. The summed E-state index contributed by atoms with van der Waals surface area (Å²) in [5.41, 5.74) is 4.17. The highest BCUT2D eigenvalue weighted by Gasteiger charge is 2.39. The number of esters is 1. The summed E-state index contributed by atoms with van der Waals surface area (Å²) >= 11 is 0. The van der Waals surface area contributed by atoms with Gasteiger partial charge in [-0.25, -0.2) is 4.79 Å². The van der Waals surface area contributed by atoms with E-state index in [1.807, 2.05) is 42.5 Å². The van der Waals surface area contributed by atoms with Gasteiger partial charge in [0.2, 0.25) is 0 Å². The number of carbonyl (C=O) groups excluding carboxylic acids is 1. The maximum absolute atomic E-state index is 13.3. The van der Waals surface area contributed by atoms with Crippen molar-refractivity contribution in [2.24, 2.45) is 5.92 Å². The third kappa shape index (κ3) is 11.9. The van der Waals surface area contributed by atoms with E-state index in [4.69, 9.17) is 14.3 Å². The maximum Gasteiger partial charge on any atom is 0.338 e. The molecule has 45 heavy (non-hydrogen) atoms. The Hall–Kier alpha value is -2.70. The number of carbonyl (C=O) groups is 2. The van der Waals surface area contributed by atoms with Crippen molar-refractivity contribution in [1.82, 2.24) is 0 Å². The predicted octanol–water partition coefficient (Wildman–Crippen LogP) is 11.0. The molecule has 1 N–H and O–H groups in total. The van der Waals surface area contributed by atoms with E-state index in [2.05, 4.69) is 59.0 Å². The molecule has 5 nitrogen and oxygen atoms in total. The molecule has 0 saturated carbocycles. The van der Waals surface area contributed by atoms with Gasteiger partial charge in [0.05, 0.1) is 5.56 Å². The molecule has 3 atom stereocenters. The first-order valence-corrected chi connectivity index (χ1v) is 20.3. The monoisotopic (exact) mass is 634 g/mol. The van der Waals surface area contributed by atoms with Gasteiger partial charge in [-0.05, 0) is 73.5 Å². The normalized spacial score (nSPS) is 17.6. The van der Waals surface area contributed by atoms with Crippen LogP contribution >= 0.6 is 0 Å². The molecule has 1 unspecified atom stereocenters. The molecule has 0 spiro atoms. The molecule has 248 valence electrons. The van der Waals surface area contributed by atoms with E-state index in [9.17, 15) is 9.59 Å². The minimum absolute atomic E-state index is 0.167. The predicted molar refractivity (Wildman–Crippen MR) is 188 cm³/mol. The van der Waals surface area contributed by atoms with Crippen molar-refractivity contribution in [3.8, 4) is 11.1 Å². The van der Waals surface area contributed by atoms with Crippen molar-refractivity contribution in [3.05, 3.63) is 71.8 Å². The number of carboxylic acids is 1. The molecule has 0 fully saturated rings. The van der Waals surface area contributed by atoms with Crippen molar-refractivity contribution in [3.63, 3.8) is 0 Å². The second-order valence-corrected chi connectivity index (χ2v) is 19.1. The van der Waals surface area contributed by atoms with Gasteiger partial charge in [0.15, 0.2) is 8.32 Å². The summed E-state index contributed by atoms with van der Waals surface area (Å²) in [7, 11) is -1.89. The Morgan fingerprint density at radius 2 is 1.56 bits per heavy atom. The summed E-state index contributed by atoms with van der Waals surface area (Å²) in [6.07, 6.45) is 14.6. The van der Waals surface area contributed by atoms with Gasteiger partial charge in [0.25, 0.3) is 0 Å². The zero-order valence-corrected chi connectivity index (χ0v) is 29.8. The van der Waals surface area contributed by atoms with Crippen LogP contribution in [-0.2, 0) is 14.0 Å². The Kier molecular flexibility index (Phi) is 14.6. The second kappa shape index (κ2) is 17.8. The van der Waals surface area contributed by atoms with E-state index in [1.54, 1.807) is 0 Å². The molecule has 0 radical (unpaired) electrons. The highest BCUT2D eigenvalue weighted by Crippen LogP contribution is 2.40. The van der Waals surface area contributed by atoms with Crippen LogP contribution in [0.5, 0.6) is 0 Å². The van der Waals surface area contributed by atoms with Gasteiger partial charge >= 0.3 is 11.9 Å². The summed E-state index contributed by atoms with van der Waals surface area (Å²) in [4.78, 5) is 24.3. The lowest BCUT2D eigenvalue weighted by molar-refractivity contribution is -0.137. The van der Waals surface area contributed by atoms with Crippen LogP contribution in [0.4, 0.5) is 0 Å². The average Bonchev–Trinajstić information content (AvgIpc) is 3.38. The topological polar surface area (TPSA) is 72.8 Å².